The van der Waals surface area contributed by atoms with E-state index in [2.05, 4.69) is 0 Å². The number of allylic oxidation sites excluding steroid dienone is 2. The molecule has 1 N–H and O–H groups in total. The number of fused-ring (bicyclic) bond motifs is 1. The van der Waals surface area contributed by atoms with Crippen LogP contribution in [0.3, 0.4) is 0 Å². The maximum absolute atomic E-state index is 14.2. The number of hydrogen-bond acceptors (Lipinski definition) is 5. The van der Waals surface area contributed by atoms with E-state index < -0.39 is 33.8 Å². The van der Waals surface area contributed by atoms with E-state index in [1.54, 1.807) is 0 Å². The van der Waals surface area contributed by atoms with Crippen LogP contribution >= 0.6 is 11.8 Å². The van der Waals surface area contributed by atoms with E-state index in [9.17, 15) is 23.5 Å². The van der Waals surface area contributed by atoms with Crippen molar-refractivity contribution in [1.29, 1.82) is 0 Å². The molecular weight excluding hydrogens is 316 g/mol. The third kappa shape index (κ3) is 3.16. The zero-order valence-corrected chi connectivity index (χ0v) is 12.6. The molecule has 0 aliphatic carbocycles. The zero-order valence-electron chi connectivity index (χ0n) is 11.8. The fraction of sp³-hybridized carbons (Fsp3) is 0.429. The van der Waals surface area contributed by atoms with Gasteiger partial charge < -0.3 is 14.7 Å². The summed E-state index contributed by atoms with van der Waals surface area (Å²) in [5.74, 6) is -2.48. The van der Waals surface area contributed by atoms with Crippen LogP contribution in [0.1, 0.15) is 19.8 Å². The number of unbranched alkanes of at least 4 members (excludes halogenated alkanes) is 1. The van der Waals surface area contributed by atoms with Gasteiger partial charge in [0, 0.05) is 6.20 Å². The first kappa shape index (κ1) is 16.5. The van der Waals surface area contributed by atoms with Crippen molar-refractivity contribution in [2.75, 3.05) is 6.61 Å². The maximum Gasteiger partial charge on any atom is 0.354 e. The average Bonchev–Trinajstić information content (AvgIpc) is 2.46. The summed E-state index contributed by atoms with van der Waals surface area (Å²) in [7, 11) is 0. The summed E-state index contributed by atoms with van der Waals surface area (Å²) in [5, 5.41) is 5.98. The summed E-state index contributed by atoms with van der Waals surface area (Å²) >= 11 is -0.0589. The SMILES string of the molecule is CCCCOC(=O)C1=C(C(=O)O)N2C=CC=CC2C(F)(F)S1. The van der Waals surface area contributed by atoms with Crippen LogP contribution in [0, 0.1) is 0 Å². The van der Waals surface area contributed by atoms with Gasteiger partial charge in [0.25, 0.3) is 0 Å². The van der Waals surface area contributed by atoms with Gasteiger partial charge in [0.05, 0.1) is 6.61 Å². The number of nitrogens with zero attached hydrogens (tertiary/aromatic N) is 1. The minimum atomic E-state index is -3.33. The van der Waals surface area contributed by atoms with Gasteiger partial charge >= 0.3 is 17.2 Å². The molecular formula is C14H15F2NO4S. The number of hydrogen-bond donors (Lipinski definition) is 1. The van der Waals surface area contributed by atoms with Crippen LogP contribution in [0.15, 0.2) is 35.0 Å². The van der Waals surface area contributed by atoms with Gasteiger partial charge in [-0.25, -0.2) is 9.59 Å². The number of alkyl halides is 2. The van der Waals surface area contributed by atoms with Crippen LogP contribution in [0.25, 0.3) is 0 Å². The summed E-state index contributed by atoms with van der Waals surface area (Å²) in [4.78, 5) is 23.7. The monoisotopic (exact) mass is 331 g/mol. The van der Waals surface area contributed by atoms with Gasteiger partial charge in [-0.2, -0.15) is 8.78 Å². The fourth-order valence-electron chi connectivity index (χ4n) is 2.07. The topological polar surface area (TPSA) is 66.8 Å². The van der Waals surface area contributed by atoms with Gasteiger partial charge in [-0.1, -0.05) is 25.5 Å². The number of carboxylic acid groups (broad SMARTS) is 1. The third-order valence-electron chi connectivity index (χ3n) is 3.13. The molecule has 2 aliphatic heterocycles. The Morgan fingerprint density at radius 3 is 2.82 bits per heavy atom. The van der Waals surface area contributed by atoms with Crippen molar-refractivity contribution >= 4 is 23.7 Å². The number of rotatable bonds is 5. The molecule has 0 aromatic carbocycles. The molecule has 22 heavy (non-hydrogen) atoms. The van der Waals surface area contributed by atoms with Crippen LogP contribution < -0.4 is 0 Å². The second-order valence-corrected chi connectivity index (χ2v) is 5.87. The van der Waals surface area contributed by atoms with Gasteiger partial charge in [-0.05, 0) is 24.3 Å². The van der Waals surface area contributed by atoms with Gasteiger partial charge in [-0.3, -0.25) is 0 Å². The molecule has 2 rings (SSSR count). The fourth-order valence-corrected chi connectivity index (χ4v) is 3.08. The number of aliphatic carboxylic acids is 1. The number of halogens is 2. The van der Waals surface area contributed by atoms with E-state index in [1.165, 1.54) is 24.4 Å². The first-order chi connectivity index (χ1) is 10.4. The van der Waals surface area contributed by atoms with E-state index in [1.807, 2.05) is 6.92 Å². The highest BCUT2D eigenvalue weighted by atomic mass is 32.2. The van der Waals surface area contributed by atoms with Crippen molar-refractivity contribution in [3.8, 4) is 0 Å². The smallest absolute Gasteiger partial charge is 0.354 e. The van der Waals surface area contributed by atoms with Crippen molar-refractivity contribution in [2.24, 2.45) is 0 Å². The summed E-state index contributed by atoms with van der Waals surface area (Å²) in [5.41, 5.74) is -0.483. The van der Waals surface area contributed by atoms with E-state index in [0.29, 0.717) is 6.42 Å². The number of thioether (sulfide) groups is 1. The van der Waals surface area contributed by atoms with Crippen molar-refractivity contribution < 1.29 is 28.2 Å². The predicted octanol–water partition coefficient (Wildman–Crippen LogP) is 2.72. The average molecular weight is 331 g/mol. The molecule has 0 bridgehead atoms. The predicted molar refractivity (Wildman–Crippen MR) is 77.0 cm³/mol. The number of carbonyl (C=O) groups excluding carboxylic acids is 1. The standard InChI is InChI=1S/C14H15F2NO4S/c1-2-3-8-21-13(20)11-10(12(18)19)17-7-5-4-6-9(17)14(15,16)22-11/h4-7,9H,2-3,8H2,1H3,(H,18,19). The Morgan fingerprint density at radius 2 is 2.18 bits per heavy atom. The molecule has 0 amide bonds. The quantitative estimate of drug-likeness (QED) is 0.617. The number of carboxylic acids is 1. The largest absolute Gasteiger partial charge is 0.477 e. The van der Waals surface area contributed by atoms with Crippen molar-refractivity contribution in [2.45, 2.75) is 31.1 Å². The summed E-state index contributed by atoms with van der Waals surface area (Å²) in [6.45, 7) is 1.95. The molecule has 0 aromatic rings. The Bertz CT molecular complexity index is 571. The highest BCUT2D eigenvalue weighted by Gasteiger charge is 2.52. The Balaban J connectivity index is 2.38. The number of ether oxygens (including phenoxy) is 1. The Hall–Kier alpha value is -1.83. The normalized spacial score (nSPS) is 22.5. The van der Waals surface area contributed by atoms with Gasteiger partial charge in [0.2, 0.25) is 0 Å². The molecule has 0 radical (unpaired) electrons. The summed E-state index contributed by atoms with van der Waals surface area (Å²) in [6, 6.07) is -1.44. The van der Waals surface area contributed by atoms with Crippen LogP contribution in [-0.4, -0.2) is 39.8 Å². The van der Waals surface area contributed by atoms with E-state index in [4.69, 9.17) is 4.74 Å². The number of carbonyl (C=O) groups is 2. The van der Waals surface area contributed by atoms with E-state index in [-0.39, 0.29) is 18.4 Å². The molecule has 8 heteroatoms. The molecule has 2 aliphatic rings. The van der Waals surface area contributed by atoms with Crippen LogP contribution in [0.5, 0.6) is 0 Å². The zero-order chi connectivity index (χ0) is 16.3. The molecule has 0 saturated heterocycles. The lowest BCUT2D eigenvalue weighted by atomic mass is 10.1. The Morgan fingerprint density at radius 1 is 1.45 bits per heavy atom. The van der Waals surface area contributed by atoms with E-state index in [0.717, 1.165) is 11.3 Å². The molecule has 0 spiro atoms. The molecule has 1 atom stereocenters. The van der Waals surface area contributed by atoms with Crippen molar-refractivity contribution in [1.82, 2.24) is 4.90 Å². The van der Waals surface area contributed by atoms with Gasteiger partial charge in [0.15, 0.2) is 0 Å². The molecule has 5 nitrogen and oxygen atoms in total. The van der Waals surface area contributed by atoms with E-state index >= 15 is 0 Å². The Labute approximate surface area is 130 Å². The second-order valence-electron chi connectivity index (χ2n) is 4.71. The third-order valence-corrected chi connectivity index (χ3v) is 4.20. The van der Waals surface area contributed by atoms with Gasteiger partial charge in [0.1, 0.15) is 16.6 Å². The number of esters is 1. The van der Waals surface area contributed by atoms with Crippen LogP contribution in [0.2, 0.25) is 0 Å². The summed E-state index contributed by atoms with van der Waals surface area (Å²) < 4.78 is 33.2. The highest BCUT2D eigenvalue weighted by molar-refractivity contribution is 8.05. The molecule has 2 heterocycles. The summed E-state index contributed by atoms with van der Waals surface area (Å²) in [6.07, 6.45) is 6.63. The van der Waals surface area contributed by atoms with Crippen molar-refractivity contribution in [3.63, 3.8) is 0 Å². The Kier molecular flexibility index (Phi) is 4.90. The molecule has 0 saturated carbocycles. The lowest BCUT2D eigenvalue weighted by Gasteiger charge is -2.39. The highest BCUT2D eigenvalue weighted by Crippen LogP contribution is 2.48. The molecule has 120 valence electrons. The first-order valence-corrected chi connectivity index (χ1v) is 7.55. The minimum absolute atomic E-state index is 0.0589. The van der Waals surface area contributed by atoms with Gasteiger partial charge in [-0.15, -0.1) is 0 Å². The van der Waals surface area contributed by atoms with Crippen molar-refractivity contribution in [3.05, 3.63) is 35.0 Å². The first-order valence-electron chi connectivity index (χ1n) is 6.73. The minimum Gasteiger partial charge on any atom is -0.477 e. The maximum atomic E-state index is 14.2. The molecule has 0 aromatic heterocycles. The van der Waals surface area contributed by atoms with Crippen LogP contribution in [-0.2, 0) is 14.3 Å². The molecule has 1 unspecified atom stereocenters. The second kappa shape index (κ2) is 6.51. The lowest BCUT2D eigenvalue weighted by Crippen LogP contribution is -2.48. The molecule has 0 fully saturated rings. The lowest BCUT2D eigenvalue weighted by molar-refractivity contribution is -0.140. The van der Waals surface area contributed by atoms with Crippen LogP contribution in [0.4, 0.5) is 8.78 Å².